The van der Waals surface area contributed by atoms with Crippen molar-refractivity contribution in [2.75, 3.05) is 5.73 Å². The largest absolute Gasteiger partial charge is 0.399 e. The fourth-order valence-electron chi connectivity index (χ4n) is 3.29. The van der Waals surface area contributed by atoms with E-state index in [9.17, 15) is 0 Å². The number of rotatable bonds is 0. The third kappa shape index (κ3) is 1.99. The van der Waals surface area contributed by atoms with Crippen molar-refractivity contribution < 1.29 is 0 Å². The number of benzene rings is 1. The number of aryl methyl sites for hydroxylation is 1. The first-order chi connectivity index (χ1) is 8.24. The van der Waals surface area contributed by atoms with Crippen LogP contribution in [0.5, 0.6) is 0 Å². The molecule has 0 unspecified atom stereocenters. The molecule has 90 valence electrons. The van der Waals surface area contributed by atoms with E-state index < -0.39 is 0 Å². The predicted octanol–water partition coefficient (Wildman–Crippen LogP) is 4.18. The number of hydrogen-bond donors (Lipinski definition) is 1. The maximum Gasteiger partial charge on any atom is 0.0317 e. The third-order valence-corrected chi connectivity index (χ3v) is 4.40. The first-order valence-electron chi connectivity index (χ1n) is 6.83. The second-order valence-electron chi connectivity index (χ2n) is 5.68. The average Bonchev–Trinajstić information content (AvgIpc) is 2.73. The highest BCUT2D eigenvalue weighted by atomic mass is 14.5. The quantitative estimate of drug-likeness (QED) is 0.661. The molecule has 1 heteroatoms. The Bertz CT molecular complexity index is 460. The molecule has 0 aliphatic heterocycles. The lowest BCUT2D eigenvalue weighted by molar-refractivity contribution is 0.444. The monoisotopic (exact) mass is 227 g/mol. The van der Waals surface area contributed by atoms with Crippen LogP contribution in [-0.4, -0.2) is 0 Å². The number of allylic oxidation sites excluding steroid dienone is 2. The molecule has 1 aromatic carbocycles. The van der Waals surface area contributed by atoms with E-state index in [2.05, 4.69) is 25.1 Å². The molecule has 0 heterocycles. The molecule has 0 saturated heterocycles. The first kappa shape index (κ1) is 10.9. The minimum atomic E-state index is 0.910. The zero-order chi connectivity index (χ0) is 11.8. The van der Waals surface area contributed by atoms with Gasteiger partial charge >= 0.3 is 0 Å². The van der Waals surface area contributed by atoms with Crippen molar-refractivity contribution in [1.82, 2.24) is 0 Å². The minimum Gasteiger partial charge on any atom is -0.399 e. The molecular formula is C16H21N. The minimum absolute atomic E-state index is 0.910. The van der Waals surface area contributed by atoms with Gasteiger partial charge in [-0.3, -0.25) is 0 Å². The summed E-state index contributed by atoms with van der Waals surface area (Å²) in [6.07, 6.45) is 7.82. The van der Waals surface area contributed by atoms with Crippen LogP contribution in [0.2, 0.25) is 0 Å². The highest BCUT2D eigenvalue weighted by molar-refractivity contribution is 5.76. The van der Waals surface area contributed by atoms with Gasteiger partial charge in [-0.2, -0.15) is 0 Å². The molecule has 1 nitrogen and oxygen atoms in total. The number of nitrogen functional groups attached to an aromatic ring is 1. The van der Waals surface area contributed by atoms with Crippen LogP contribution in [0.25, 0.3) is 5.57 Å². The van der Waals surface area contributed by atoms with Gasteiger partial charge in [0.25, 0.3) is 0 Å². The average molecular weight is 227 g/mol. The van der Waals surface area contributed by atoms with E-state index in [0.29, 0.717) is 0 Å². The van der Waals surface area contributed by atoms with Gasteiger partial charge in [-0.25, -0.2) is 0 Å². The van der Waals surface area contributed by atoms with Crippen LogP contribution in [0.4, 0.5) is 5.69 Å². The molecule has 1 saturated carbocycles. The number of hydrogen-bond acceptors (Lipinski definition) is 1. The zero-order valence-corrected chi connectivity index (χ0v) is 10.6. The van der Waals surface area contributed by atoms with E-state index in [-0.39, 0.29) is 0 Å². The van der Waals surface area contributed by atoms with Crippen LogP contribution in [0.3, 0.4) is 0 Å². The fraction of sp³-hybridized carbons (Fsp3) is 0.500. The van der Waals surface area contributed by atoms with Gasteiger partial charge in [0.05, 0.1) is 0 Å². The molecule has 2 aliphatic rings. The Morgan fingerprint density at radius 2 is 1.82 bits per heavy atom. The summed E-state index contributed by atoms with van der Waals surface area (Å²) >= 11 is 0. The van der Waals surface area contributed by atoms with Crippen molar-refractivity contribution >= 4 is 11.3 Å². The second kappa shape index (κ2) is 4.21. The first-order valence-corrected chi connectivity index (χ1v) is 6.83. The maximum absolute atomic E-state index is 5.86. The van der Waals surface area contributed by atoms with Crippen molar-refractivity contribution in [2.24, 2.45) is 5.92 Å². The molecule has 0 radical (unpaired) electrons. The summed E-state index contributed by atoms with van der Waals surface area (Å²) < 4.78 is 0. The van der Waals surface area contributed by atoms with E-state index >= 15 is 0 Å². The van der Waals surface area contributed by atoms with Crippen LogP contribution >= 0.6 is 0 Å². The van der Waals surface area contributed by atoms with Gasteiger partial charge in [-0.1, -0.05) is 18.6 Å². The summed E-state index contributed by atoms with van der Waals surface area (Å²) in [6.45, 7) is 2.38. The molecule has 1 aromatic rings. The lowest BCUT2D eigenvalue weighted by atomic mass is 9.83. The van der Waals surface area contributed by atoms with E-state index in [1.54, 1.807) is 11.1 Å². The Morgan fingerprint density at radius 1 is 1.06 bits per heavy atom. The smallest absolute Gasteiger partial charge is 0.0317 e. The molecule has 0 spiro atoms. The standard InChI is InChI=1S/C16H21N/c1-11-2-4-12(5-3-11)15-8-6-13-10-14(17)7-9-16(13)15/h7,9-11H,2-6,8,17H2,1H3. The van der Waals surface area contributed by atoms with Crippen molar-refractivity contribution in [1.29, 1.82) is 0 Å². The molecule has 0 aromatic heterocycles. The molecule has 3 rings (SSSR count). The predicted molar refractivity (Wildman–Crippen MR) is 73.7 cm³/mol. The molecule has 2 N–H and O–H groups in total. The summed E-state index contributed by atoms with van der Waals surface area (Å²) in [6, 6.07) is 6.45. The van der Waals surface area contributed by atoms with Crippen LogP contribution in [0.15, 0.2) is 23.8 Å². The van der Waals surface area contributed by atoms with Crippen LogP contribution in [-0.2, 0) is 6.42 Å². The SMILES string of the molecule is CC1CCC(=C2CCc3cc(N)ccc32)CC1. The maximum atomic E-state index is 5.86. The highest BCUT2D eigenvalue weighted by Crippen LogP contribution is 2.40. The highest BCUT2D eigenvalue weighted by Gasteiger charge is 2.22. The summed E-state index contributed by atoms with van der Waals surface area (Å²) in [5.74, 6) is 0.923. The molecule has 0 atom stereocenters. The Morgan fingerprint density at radius 3 is 2.59 bits per heavy atom. The fourth-order valence-corrected chi connectivity index (χ4v) is 3.29. The molecule has 2 aliphatic carbocycles. The van der Waals surface area contributed by atoms with E-state index in [0.717, 1.165) is 11.6 Å². The number of nitrogens with two attached hydrogens (primary N) is 1. The van der Waals surface area contributed by atoms with E-state index in [4.69, 9.17) is 5.73 Å². The Kier molecular flexibility index (Phi) is 2.70. The molecule has 0 amide bonds. The Labute approximate surface area is 104 Å². The molecule has 0 bridgehead atoms. The summed E-state index contributed by atoms with van der Waals surface area (Å²) in [4.78, 5) is 0. The van der Waals surface area contributed by atoms with Crippen molar-refractivity contribution in [3.05, 3.63) is 34.9 Å². The molecule has 1 fully saturated rings. The van der Waals surface area contributed by atoms with Crippen LogP contribution in [0.1, 0.15) is 50.2 Å². The molecule has 17 heavy (non-hydrogen) atoms. The normalized spacial score (nSPS) is 23.9. The van der Waals surface area contributed by atoms with Gasteiger partial charge in [0, 0.05) is 5.69 Å². The summed E-state index contributed by atoms with van der Waals surface area (Å²) in [5, 5.41) is 0. The van der Waals surface area contributed by atoms with Crippen molar-refractivity contribution in [2.45, 2.75) is 45.4 Å². The van der Waals surface area contributed by atoms with Crippen LogP contribution in [0, 0.1) is 5.92 Å². The van der Waals surface area contributed by atoms with Gasteiger partial charge in [-0.15, -0.1) is 0 Å². The van der Waals surface area contributed by atoms with Crippen molar-refractivity contribution in [3.63, 3.8) is 0 Å². The number of anilines is 1. The topological polar surface area (TPSA) is 26.0 Å². The van der Waals surface area contributed by atoms with Gasteiger partial charge in [0.1, 0.15) is 0 Å². The Balaban J connectivity index is 1.95. The van der Waals surface area contributed by atoms with Gasteiger partial charge in [-0.05, 0) is 73.3 Å². The second-order valence-corrected chi connectivity index (χ2v) is 5.68. The third-order valence-electron chi connectivity index (χ3n) is 4.40. The Hall–Kier alpha value is -1.24. The molecular weight excluding hydrogens is 206 g/mol. The van der Waals surface area contributed by atoms with E-state index in [1.165, 1.54) is 49.7 Å². The van der Waals surface area contributed by atoms with Crippen molar-refractivity contribution in [3.8, 4) is 0 Å². The summed E-state index contributed by atoms with van der Waals surface area (Å²) in [7, 11) is 0. The van der Waals surface area contributed by atoms with E-state index in [1.807, 2.05) is 0 Å². The van der Waals surface area contributed by atoms with Gasteiger partial charge in [0.2, 0.25) is 0 Å². The van der Waals surface area contributed by atoms with Crippen LogP contribution < -0.4 is 5.73 Å². The lowest BCUT2D eigenvalue weighted by Gasteiger charge is -2.22. The zero-order valence-electron chi connectivity index (χ0n) is 10.6. The van der Waals surface area contributed by atoms with Gasteiger partial charge < -0.3 is 5.73 Å². The van der Waals surface area contributed by atoms with Gasteiger partial charge in [0.15, 0.2) is 0 Å². The summed E-state index contributed by atoms with van der Waals surface area (Å²) in [5.41, 5.74) is 13.1. The number of fused-ring (bicyclic) bond motifs is 1. The lowest BCUT2D eigenvalue weighted by Crippen LogP contribution is -2.05.